The molecule has 2 N–H and O–H groups in total. The van der Waals surface area contributed by atoms with Crippen molar-refractivity contribution in [2.75, 3.05) is 20.3 Å². The molecule has 8 nitrogen and oxygen atoms in total. The highest BCUT2D eigenvalue weighted by molar-refractivity contribution is 6.32. The van der Waals surface area contributed by atoms with Crippen LogP contribution in [0.5, 0.6) is 5.75 Å². The summed E-state index contributed by atoms with van der Waals surface area (Å²) >= 11 is 6.29. The molecule has 0 aliphatic carbocycles. The third-order valence-electron chi connectivity index (χ3n) is 5.73. The number of ether oxygens (including phenoxy) is 2. The maximum Gasteiger partial charge on any atom is 0.251 e. The van der Waals surface area contributed by atoms with Gasteiger partial charge in [-0.05, 0) is 50.5 Å². The zero-order chi connectivity index (χ0) is 26.9. The first kappa shape index (κ1) is 28.4. The Labute approximate surface area is 222 Å². The number of halogens is 1. The first-order chi connectivity index (χ1) is 17.7. The van der Waals surface area contributed by atoms with Gasteiger partial charge in [0.2, 0.25) is 0 Å². The van der Waals surface area contributed by atoms with Crippen LogP contribution >= 0.6 is 11.6 Å². The highest BCUT2D eigenvalue weighted by Crippen LogP contribution is 2.27. The number of methoxy groups -OCH3 is 1. The fourth-order valence-electron chi connectivity index (χ4n) is 3.93. The summed E-state index contributed by atoms with van der Waals surface area (Å²) in [4.78, 5) is 29.4. The Bertz CT molecular complexity index is 1210. The molecule has 0 aliphatic heterocycles. The van der Waals surface area contributed by atoms with Crippen LogP contribution in [0.15, 0.2) is 48.7 Å². The number of hydrogen-bond donors (Lipinski definition) is 2. The number of imidazole rings is 1. The van der Waals surface area contributed by atoms with Crippen molar-refractivity contribution in [3.8, 4) is 17.0 Å². The van der Waals surface area contributed by atoms with Gasteiger partial charge in [-0.1, -0.05) is 35.9 Å². The number of nitrogens with one attached hydrogen (secondary N) is 1. The van der Waals surface area contributed by atoms with Gasteiger partial charge in [-0.2, -0.15) is 0 Å². The van der Waals surface area contributed by atoms with E-state index in [1.165, 1.54) is 6.92 Å². The Hall–Kier alpha value is -3.20. The predicted molar refractivity (Wildman–Crippen MR) is 143 cm³/mol. The van der Waals surface area contributed by atoms with Crippen LogP contribution in [0, 0.1) is 0 Å². The van der Waals surface area contributed by atoms with Crippen molar-refractivity contribution in [3.63, 3.8) is 0 Å². The summed E-state index contributed by atoms with van der Waals surface area (Å²) < 4.78 is 12.6. The molecule has 0 aliphatic rings. The van der Waals surface area contributed by atoms with Crippen molar-refractivity contribution >= 4 is 23.3 Å². The molecule has 0 fully saturated rings. The fourth-order valence-corrected chi connectivity index (χ4v) is 4.16. The number of hydrogen-bond acceptors (Lipinski definition) is 6. The molecular weight excluding hydrogens is 494 g/mol. The van der Waals surface area contributed by atoms with E-state index in [0.717, 1.165) is 11.1 Å². The smallest absolute Gasteiger partial charge is 0.251 e. The van der Waals surface area contributed by atoms with E-state index >= 15 is 0 Å². The van der Waals surface area contributed by atoms with Crippen molar-refractivity contribution in [1.29, 1.82) is 0 Å². The van der Waals surface area contributed by atoms with Gasteiger partial charge in [-0.25, -0.2) is 4.98 Å². The van der Waals surface area contributed by atoms with Gasteiger partial charge in [0.1, 0.15) is 5.75 Å². The van der Waals surface area contributed by atoms with Gasteiger partial charge in [0, 0.05) is 50.6 Å². The molecule has 198 valence electrons. The Kier molecular flexibility index (Phi) is 10.3. The van der Waals surface area contributed by atoms with E-state index < -0.39 is 0 Å². The minimum atomic E-state index is -0.272. The summed E-state index contributed by atoms with van der Waals surface area (Å²) in [6.45, 7) is 6.27. The lowest BCUT2D eigenvalue weighted by Gasteiger charge is -2.19. The van der Waals surface area contributed by atoms with Gasteiger partial charge in [-0.15, -0.1) is 0 Å². The summed E-state index contributed by atoms with van der Waals surface area (Å²) in [5, 5.41) is 12.9. The van der Waals surface area contributed by atoms with Crippen molar-refractivity contribution in [2.24, 2.45) is 0 Å². The zero-order valence-electron chi connectivity index (χ0n) is 21.7. The maximum absolute atomic E-state index is 12.9. The van der Waals surface area contributed by atoms with Crippen LogP contribution < -0.4 is 10.1 Å². The highest BCUT2D eigenvalue weighted by atomic mass is 35.5. The molecule has 2 aromatic carbocycles. The molecule has 0 unspecified atom stereocenters. The highest BCUT2D eigenvalue weighted by Gasteiger charge is 2.17. The standard InChI is InChI=1S/C28H34ClN3O5/c1-18(2)37-26-10-9-22(16-24(26)29)28(35)30-23(11-13-33)15-20-5-7-21(8-6-20)25-17-32(12-14-36-4)27(31-25)19(3)34/h5-10,16-18,23,33H,11-15H2,1-4H3,(H,30,35)/t23-/m1/s1. The molecule has 1 atom stereocenters. The minimum absolute atomic E-state index is 0.0277. The lowest BCUT2D eigenvalue weighted by atomic mass is 10.0. The first-order valence-corrected chi connectivity index (χ1v) is 12.6. The Morgan fingerprint density at radius 2 is 1.89 bits per heavy atom. The third-order valence-corrected chi connectivity index (χ3v) is 6.02. The number of amides is 1. The van der Waals surface area contributed by atoms with Gasteiger partial charge in [0.25, 0.3) is 5.91 Å². The number of aromatic nitrogens is 2. The van der Waals surface area contributed by atoms with Gasteiger partial charge in [0.15, 0.2) is 11.6 Å². The lowest BCUT2D eigenvalue weighted by Crippen LogP contribution is -2.37. The minimum Gasteiger partial charge on any atom is -0.489 e. The largest absolute Gasteiger partial charge is 0.489 e. The molecule has 3 rings (SSSR count). The van der Waals surface area contributed by atoms with Crippen LogP contribution in [0.25, 0.3) is 11.3 Å². The second-order valence-corrected chi connectivity index (χ2v) is 9.49. The molecule has 0 saturated heterocycles. The second kappa shape index (κ2) is 13.4. The number of ketones is 1. The molecular formula is C28H34ClN3O5. The number of carbonyl (C=O) groups is 2. The SMILES string of the molecule is COCCn1cc(-c2ccc(C[C@@H](CCO)NC(=O)c3ccc(OC(C)C)c(Cl)c3)cc2)nc1C(C)=O. The predicted octanol–water partition coefficient (Wildman–Crippen LogP) is 4.56. The molecule has 0 spiro atoms. The maximum atomic E-state index is 12.9. The van der Waals surface area contributed by atoms with E-state index in [4.69, 9.17) is 21.1 Å². The van der Waals surface area contributed by atoms with Crippen LogP contribution in [0.3, 0.4) is 0 Å². The Balaban J connectivity index is 1.70. The van der Waals surface area contributed by atoms with Gasteiger partial charge >= 0.3 is 0 Å². The van der Waals surface area contributed by atoms with E-state index in [1.54, 1.807) is 29.9 Å². The summed E-state index contributed by atoms with van der Waals surface area (Å²) in [5.41, 5.74) is 3.00. The molecule has 0 saturated carbocycles. The molecule has 1 heterocycles. The monoisotopic (exact) mass is 527 g/mol. The number of nitrogens with zero attached hydrogens (tertiary/aromatic N) is 2. The molecule has 0 bridgehead atoms. The molecule has 3 aromatic rings. The fraction of sp³-hybridized carbons (Fsp3) is 0.393. The summed E-state index contributed by atoms with van der Waals surface area (Å²) in [6, 6.07) is 12.5. The number of Topliss-reactive ketones (excluding diaryl/α,β-unsaturated/α-hetero) is 1. The summed E-state index contributed by atoms with van der Waals surface area (Å²) in [7, 11) is 1.62. The summed E-state index contributed by atoms with van der Waals surface area (Å²) in [5.74, 6) is 0.543. The molecule has 1 aromatic heterocycles. The quantitative estimate of drug-likeness (QED) is 0.316. The van der Waals surface area contributed by atoms with E-state index in [1.807, 2.05) is 44.3 Å². The van der Waals surface area contributed by atoms with Crippen LogP contribution in [-0.2, 0) is 17.7 Å². The lowest BCUT2D eigenvalue weighted by molar-refractivity contribution is 0.0929. The van der Waals surface area contributed by atoms with Gasteiger partial charge in [0.05, 0.1) is 23.4 Å². The zero-order valence-corrected chi connectivity index (χ0v) is 22.4. The number of rotatable bonds is 13. The Morgan fingerprint density at radius 1 is 1.16 bits per heavy atom. The van der Waals surface area contributed by atoms with E-state index in [0.29, 0.717) is 53.8 Å². The molecule has 1 amide bonds. The van der Waals surface area contributed by atoms with E-state index in [-0.39, 0.29) is 30.4 Å². The van der Waals surface area contributed by atoms with Crippen molar-refractivity contribution < 1.29 is 24.2 Å². The average molecular weight is 528 g/mol. The number of benzene rings is 2. The number of carbonyl (C=O) groups excluding carboxylic acids is 2. The van der Waals surface area contributed by atoms with Crippen LogP contribution in [0.2, 0.25) is 5.02 Å². The van der Waals surface area contributed by atoms with Crippen LogP contribution in [0.4, 0.5) is 0 Å². The Morgan fingerprint density at radius 3 is 2.49 bits per heavy atom. The van der Waals surface area contributed by atoms with Gasteiger partial charge in [-0.3, -0.25) is 9.59 Å². The van der Waals surface area contributed by atoms with Crippen molar-refractivity contribution in [2.45, 2.75) is 52.3 Å². The van der Waals surface area contributed by atoms with Crippen LogP contribution in [-0.4, -0.2) is 58.8 Å². The second-order valence-electron chi connectivity index (χ2n) is 9.09. The van der Waals surface area contributed by atoms with Crippen molar-refractivity contribution in [1.82, 2.24) is 14.9 Å². The molecule has 9 heteroatoms. The molecule has 0 radical (unpaired) electrons. The average Bonchev–Trinajstić information content (AvgIpc) is 3.29. The van der Waals surface area contributed by atoms with Gasteiger partial charge < -0.3 is 24.5 Å². The first-order valence-electron chi connectivity index (χ1n) is 12.3. The topological polar surface area (TPSA) is 103 Å². The van der Waals surface area contributed by atoms with Crippen molar-refractivity contribution in [3.05, 3.63) is 70.6 Å². The number of aliphatic hydroxyl groups excluding tert-OH is 1. The molecule has 37 heavy (non-hydrogen) atoms. The third kappa shape index (κ3) is 7.89. The van der Waals surface area contributed by atoms with E-state index in [9.17, 15) is 14.7 Å². The summed E-state index contributed by atoms with van der Waals surface area (Å²) in [6.07, 6.45) is 2.76. The van der Waals surface area contributed by atoms with Crippen LogP contribution in [0.1, 0.15) is 53.7 Å². The van der Waals surface area contributed by atoms with E-state index in [2.05, 4.69) is 10.3 Å². The number of aliphatic hydroxyl groups is 1. The normalized spacial score (nSPS) is 12.0.